The van der Waals surface area contributed by atoms with Gasteiger partial charge in [0.2, 0.25) is 0 Å². The minimum atomic E-state index is 0.895. The Labute approximate surface area is 123 Å². The van der Waals surface area contributed by atoms with Crippen LogP contribution in [-0.2, 0) is 6.54 Å². The summed E-state index contributed by atoms with van der Waals surface area (Å²) in [4.78, 5) is 2.18. The Morgan fingerprint density at radius 1 is 1.05 bits per heavy atom. The zero-order valence-electron chi connectivity index (χ0n) is 11.4. The standard InChI is InChI=1S/C16H19BrN2/c1-3-18-12-13-9-10-15(11-16(13)17)19(2)14-7-5-4-6-8-14/h4-11,18H,3,12H2,1-2H3. The number of hydrogen-bond acceptors (Lipinski definition) is 2. The summed E-state index contributed by atoms with van der Waals surface area (Å²) in [6.45, 7) is 4.00. The number of nitrogens with one attached hydrogen (secondary N) is 1. The molecule has 0 fully saturated rings. The molecule has 3 heteroatoms. The van der Waals surface area contributed by atoms with Crippen LogP contribution < -0.4 is 10.2 Å². The van der Waals surface area contributed by atoms with E-state index in [4.69, 9.17) is 0 Å². The van der Waals surface area contributed by atoms with Crippen LogP contribution in [0.1, 0.15) is 12.5 Å². The van der Waals surface area contributed by atoms with Gasteiger partial charge in [0, 0.05) is 29.4 Å². The van der Waals surface area contributed by atoms with E-state index in [1.807, 2.05) is 6.07 Å². The lowest BCUT2D eigenvalue weighted by molar-refractivity contribution is 0.725. The molecule has 0 atom stereocenters. The van der Waals surface area contributed by atoms with Crippen molar-refractivity contribution in [2.45, 2.75) is 13.5 Å². The Kier molecular flexibility index (Phi) is 5.00. The number of benzene rings is 2. The lowest BCUT2D eigenvalue weighted by Gasteiger charge is -2.20. The number of halogens is 1. The lowest BCUT2D eigenvalue weighted by Crippen LogP contribution is -2.13. The summed E-state index contributed by atoms with van der Waals surface area (Å²) < 4.78 is 1.15. The molecule has 2 rings (SSSR count). The molecule has 0 bridgehead atoms. The van der Waals surface area contributed by atoms with E-state index in [0.29, 0.717) is 0 Å². The molecular formula is C16H19BrN2. The van der Waals surface area contributed by atoms with Crippen LogP contribution in [0.25, 0.3) is 0 Å². The van der Waals surface area contributed by atoms with Gasteiger partial charge in [-0.05, 0) is 36.4 Å². The molecule has 0 saturated carbocycles. The average Bonchev–Trinajstić information content (AvgIpc) is 2.46. The molecule has 2 aromatic rings. The van der Waals surface area contributed by atoms with Gasteiger partial charge >= 0.3 is 0 Å². The highest BCUT2D eigenvalue weighted by Gasteiger charge is 2.06. The molecule has 2 nitrogen and oxygen atoms in total. The van der Waals surface area contributed by atoms with Crippen molar-refractivity contribution < 1.29 is 0 Å². The number of nitrogens with zero attached hydrogens (tertiary/aromatic N) is 1. The molecule has 19 heavy (non-hydrogen) atoms. The summed E-state index contributed by atoms with van der Waals surface area (Å²) in [7, 11) is 2.08. The molecule has 0 heterocycles. The SMILES string of the molecule is CCNCc1ccc(N(C)c2ccccc2)cc1Br. The fourth-order valence-electron chi connectivity index (χ4n) is 1.95. The Balaban J connectivity index is 2.20. The van der Waals surface area contributed by atoms with Crippen molar-refractivity contribution >= 4 is 27.3 Å². The first-order valence-electron chi connectivity index (χ1n) is 6.50. The van der Waals surface area contributed by atoms with E-state index >= 15 is 0 Å². The van der Waals surface area contributed by atoms with Crippen LogP contribution in [0.15, 0.2) is 53.0 Å². The number of rotatable bonds is 5. The molecule has 1 N–H and O–H groups in total. The fourth-order valence-corrected chi connectivity index (χ4v) is 2.46. The minimum absolute atomic E-state index is 0.895. The Morgan fingerprint density at radius 2 is 1.79 bits per heavy atom. The zero-order chi connectivity index (χ0) is 13.7. The number of para-hydroxylation sites is 1. The van der Waals surface area contributed by atoms with Crippen molar-refractivity contribution in [1.29, 1.82) is 0 Å². The fraction of sp³-hybridized carbons (Fsp3) is 0.250. The maximum Gasteiger partial charge on any atom is 0.0419 e. The van der Waals surface area contributed by atoms with Gasteiger partial charge in [0.05, 0.1) is 0 Å². The van der Waals surface area contributed by atoms with Crippen LogP contribution in [0, 0.1) is 0 Å². The first-order valence-corrected chi connectivity index (χ1v) is 7.29. The van der Waals surface area contributed by atoms with Gasteiger partial charge in [-0.15, -0.1) is 0 Å². The molecule has 0 radical (unpaired) electrons. The van der Waals surface area contributed by atoms with Crippen LogP contribution in [0.5, 0.6) is 0 Å². The maximum atomic E-state index is 3.65. The van der Waals surface area contributed by atoms with Crippen molar-refractivity contribution in [3.8, 4) is 0 Å². The topological polar surface area (TPSA) is 15.3 Å². The maximum absolute atomic E-state index is 3.65. The molecule has 0 aromatic heterocycles. The van der Waals surface area contributed by atoms with Crippen molar-refractivity contribution in [3.63, 3.8) is 0 Å². The van der Waals surface area contributed by atoms with Crippen LogP contribution >= 0.6 is 15.9 Å². The first kappa shape index (κ1) is 14.1. The predicted molar refractivity (Wildman–Crippen MR) is 86.0 cm³/mol. The van der Waals surface area contributed by atoms with E-state index < -0.39 is 0 Å². The average molecular weight is 319 g/mol. The van der Waals surface area contributed by atoms with Crippen LogP contribution in [0.4, 0.5) is 11.4 Å². The normalized spacial score (nSPS) is 10.5. The third-order valence-corrected chi connectivity index (χ3v) is 3.87. The van der Waals surface area contributed by atoms with Crippen LogP contribution in [0.3, 0.4) is 0 Å². The van der Waals surface area contributed by atoms with Crippen molar-refractivity contribution in [2.75, 3.05) is 18.5 Å². The summed E-state index contributed by atoms with van der Waals surface area (Å²) in [6, 6.07) is 16.9. The van der Waals surface area contributed by atoms with Gasteiger partial charge in [-0.2, -0.15) is 0 Å². The largest absolute Gasteiger partial charge is 0.345 e. The monoisotopic (exact) mass is 318 g/mol. The van der Waals surface area contributed by atoms with Gasteiger partial charge in [0.25, 0.3) is 0 Å². The molecule has 0 spiro atoms. The predicted octanol–water partition coefficient (Wildman–Crippen LogP) is 4.33. The molecule has 0 aliphatic carbocycles. The van der Waals surface area contributed by atoms with E-state index in [0.717, 1.165) is 17.6 Å². The highest BCUT2D eigenvalue weighted by molar-refractivity contribution is 9.10. The second-order valence-electron chi connectivity index (χ2n) is 4.45. The van der Waals surface area contributed by atoms with Gasteiger partial charge < -0.3 is 10.2 Å². The molecule has 0 aliphatic heterocycles. The van der Waals surface area contributed by atoms with E-state index in [1.165, 1.54) is 16.9 Å². The summed E-state index contributed by atoms with van der Waals surface area (Å²) in [5, 5.41) is 3.34. The smallest absolute Gasteiger partial charge is 0.0419 e. The molecule has 0 aliphatic rings. The van der Waals surface area contributed by atoms with E-state index in [1.54, 1.807) is 0 Å². The third-order valence-electron chi connectivity index (χ3n) is 3.13. The zero-order valence-corrected chi connectivity index (χ0v) is 12.9. The van der Waals surface area contributed by atoms with Crippen molar-refractivity contribution in [1.82, 2.24) is 5.32 Å². The Morgan fingerprint density at radius 3 is 2.42 bits per heavy atom. The minimum Gasteiger partial charge on any atom is -0.345 e. The summed E-state index contributed by atoms with van der Waals surface area (Å²) in [5.74, 6) is 0. The molecule has 100 valence electrons. The van der Waals surface area contributed by atoms with Crippen LogP contribution in [0.2, 0.25) is 0 Å². The molecule has 0 amide bonds. The second kappa shape index (κ2) is 6.73. The molecule has 0 unspecified atom stereocenters. The van der Waals surface area contributed by atoms with E-state index in [9.17, 15) is 0 Å². The number of anilines is 2. The van der Waals surface area contributed by atoms with Crippen molar-refractivity contribution in [3.05, 3.63) is 58.6 Å². The quantitative estimate of drug-likeness (QED) is 0.882. The summed E-state index contributed by atoms with van der Waals surface area (Å²) >= 11 is 3.65. The van der Waals surface area contributed by atoms with Crippen molar-refractivity contribution in [2.24, 2.45) is 0 Å². The van der Waals surface area contributed by atoms with Gasteiger partial charge in [0.15, 0.2) is 0 Å². The second-order valence-corrected chi connectivity index (χ2v) is 5.30. The number of hydrogen-bond donors (Lipinski definition) is 1. The Hall–Kier alpha value is -1.32. The van der Waals surface area contributed by atoms with Gasteiger partial charge in [-0.25, -0.2) is 0 Å². The third kappa shape index (κ3) is 3.58. The van der Waals surface area contributed by atoms with Gasteiger partial charge in [0.1, 0.15) is 0 Å². The summed E-state index contributed by atoms with van der Waals surface area (Å²) in [5.41, 5.74) is 3.65. The highest BCUT2D eigenvalue weighted by atomic mass is 79.9. The molecule has 2 aromatic carbocycles. The van der Waals surface area contributed by atoms with Gasteiger partial charge in [-0.1, -0.05) is 47.1 Å². The molecular weight excluding hydrogens is 300 g/mol. The van der Waals surface area contributed by atoms with Crippen LogP contribution in [-0.4, -0.2) is 13.6 Å². The first-order chi connectivity index (χ1) is 9.22. The molecule has 0 saturated heterocycles. The van der Waals surface area contributed by atoms with E-state index in [2.05, 4.69) is 82.6 Å². The van der Waals surface area contributed by atoms with Gasteiger partial charge in [-0.3, -0.25) is 0 Å². The van der Waals surface area contributed by atoms with E-state index in [-0.39, 0.29) is 0 Å². The summed E-state index contributed by atoms with van der Waals surface area (Å²) in [6.07, 6.45) is 0. The highest BCUT2D eigenvalue weighted by Crippen LogP contribution is 2.28. The Bertz CT molecular complexity index is 526. The lowest BCUT2D eigenvalue weighted by atomic mass is 10.2.